The number of sulfone groups is 1. The van der Waals surface area contributed by atoms with Crippen molar-refractivity contribution in [3.63, 3.8) is 0 Å². The molecule has 0 aromatic heterocycles. The number of hydrogen-bond acceptors (Lipinski definition) is 3. The van der Waals surface area contributed by atoms with Crippen molar-refractivity contribution in [2.45, 2.75) is 31.1 Å². The molecule has 0 aromatic carbocycles. The minimum absolute atomic E-state index is 0.255. The van der Waals surface area contributed by atoms with Crippen LogP contribution < -0.4 is 0 Å². The topological polar surface area (TPSA) is 43.4 Å². The minimum atomic E-state index is -2.88. The average molecular weight is 190 g/mol. The number of hydrogen-bond donors (Lipinski definition) is 0. The highest BCUT2D eigenvalue weighted by molar-refractivity contribution is 7.92. The Balaban J connectivity index is 2.68. The van der Waals surface area contributed by atoms with Gasteiger partial charge in [-0.05, 0) is 19.8 Å². The summed E-state index contributed by atoms with van der Waals surface area (Å²) in [5.74, 6) is 0.308. The Bertz CT molecular complexity index is 255. The molecular weight excluding hydrogens is 176 g/mol. The molecule has 1 fully saturated rings. The van der Waals surface area contributed by atoms with Gasteiger partial charge < -0.3 is 4.74 Å². The van der Waals surface area contributed by atoms with Crippen molar-refractivity contribution in [3.8, 4) is 0 Å². The molecule has 0 N–H and O–H groups in total. The van der Waals surface area contributed by atoms with Gasteiger partial charge in [-0.1, -0.05) is 6.58 Å². The lowest BCUT2D eigenvalue weighted by atomic mass is 10.2. The van der Waals surface area contributed by atoms with E-state index in [4.69, 9.17) is 4.74 Å². The monoisotopic (exact) mass is 190 g/mol. The van der Waals surface area contributed by atoms with E-state index in [1.54, 1.807) is 6.92 Å². The largest absolute Gasteiger partial charge is 0.498 e. The van der Waals surface area contributed by atoms with Crippen LogP contribution in [0.1, 0.15) is 19.8 Å². The van der Waals surface area contributed by atoms with Crippen LogP contribution in [0.2, 0.25) is 0 Å². The van der Waals surface area contributed by atoms with Crippen LogP contribution in [0.3, 0.4) is 0 Å². The van der Waals surface area contributed by atoms with E-state index in [-0.39, 0.29) is 11.4 Å². The Hall–Kier alpha value is -0.510. The average Bonchev–Trinajstić information content (AvgIpc) is 2.30. The van der Waals surface area contributed by atoms with Gasteiger partial charge in [0.15, 0.2) is 9.84 Å². The molecular formula is C8H14O3S. The van der Waals surface area contributed by atoms with E-state index in [1.165, 1.54) is 6.26 Å². The molecule has 4 heteroatoms. The Kier molecular flexibility index (Phi) is 2.77. The second-order valence-corrected chi connectivity index (χ2v) is 5.40. The van der Waals surface area contributed by atoms with Gasteiger partial charge >= 0.3 is 0 Å². The van der Waals surface area contributed by atoms with Crippen LogP contribution in [-0.4, -0.2) is 25.5 Å². The molecule has 2 unspecified atom stereocenters. The molecule has 3 nitrogen and oxygen atoms in total. The fraction of sp³-hybridized carbons (Fsp3) is 0.750. The molecule has 1 saturated heterocycles. The van der Waals surface area contributed by atoms with Crippen molar-refractivity contribution in [1.29, 1.82) is 0 Å². The van der Waals surface area contributed by atoms with Crippen molar-refractivity contribution in [1.82, 2.24) is 0 Å². The second kappa shape index (κ2) is 3.47. The van der Waals surface area contributed by atoms with Gasteiger partial charge in [-0.25, -0.2) is 8.42 Å². The highest BCUT2D eigenvalue weighted by atomic mass is 32.2. The van der Waals surface area contributed by atoms with Crippen molar-refractivity contribution in [2.75, 3.05) is 5.75 Å². The lowest BCUT2D eigenvalue weighted by Gasteiger charge is -2.17. The van der Waals surface area contributed by atoms with Gasteiger partial charge in [0.2, 0.25) is 0 Å². The molecule has 0 spiro atoms. The summed E-state index contributed by atoms with van der Waals surface area (Å²) in [4.78, 5) is 0. The lowest BCUT2D eigenvalue weighted by molar-refractivity contribution is 0.156. The molecule has 1 heterocycles. The molecule has 1 aliphatic heterocycles. The zero-order chi connectivity index (χ0) is 9.19. The minimum Gasteiger partial charge on any atom is -0.498 e. The van der Waals surface area contributed by atoms with Crippen molar-refractivity contribution < 1.29 is 13.2 Å². The predicted molar refractivity (Wildman–Crippen MR) is 47.6 cm³/mol. The first kappa shape index (κ1) is 9.58. The highest BCUT2D eigenvalue weighted by Gasteiger charge is 2.36. The molecule has 12 heavy (non-hydrogen) atoms. The van der Waals surface area contributed by atoms with E-state index in [2.05, 4.69) is 6.58 Å². The second-order valence-electron chi connectivity index (χ2n) is 3.06. The van der Waals surface area contributed by atoms with Gasteiger partial charge in [0.05, 0.1) is 17.3 Å². The summed E-state index contributed by atoms with van der Waals surface area (Å²) in [6.07, 6.45) is 2.53. The summed E-state index contributed by atoms with van der Waals surface area (Å²) in [7, 11) is -2.88. The molecule has 0 aromatic rings. The third-order valence-electron chi connectivity index (χ3n) is 2.21. The van der Waals surface area contributed by atoms with Gasteiger partial charge in [-0.15, -0.1) is 0 Å². The van der Waals surface area contributed by atoms with Gasteiger partial charge in [0.1, 0.15) is 6.10 Å². The Morgan fingerprint density at radius 2 is 2.33 bits per heavy atom. The zero-order valence-corrected chi connectivity index (χ0v) is 8.01. The molecule has 1 rings (SSSR count). The SMILES string of the molecule is C=COC(C)C1CCCS1(=O)=O. The summed E-state index contributed by atoms with van der Waals surface area (Å²) >= 11 is 0. The summed E-state index contributed by atoms with van der Waals surface area (Å²) < 4.78 is 27.8. The highest BCUT2D eigenvalue weighted by Crippen LogP contribution is 2.24. The maximum Gasteiger partial charge on any atom is 0.156 e. The maximum atomic E-state index is 11.4. The normalized spacial score (nSPS) is 29.6. The molecule has 0 amide bonds. The van der Waals surface area contributed by atoms with Gasteiger partial charge in [-0.2, -0.15) is 0 Å². The molecule has 0 saturated carbocycles. The van der Waals surface area contributed by atoms with Crippen LogP contribution in [0.25, 0.3) is 0 Å². The van der Waals surface area contributed by atoms with Crippen LogP contribution in [0.5, 0.6) is 0 Å². The third kappa shape index (κ3) is 1.80. The zero-order valence-electron chi connectivity index (χ0n) is 7.19. The van der Waals surface area contributed by atoms with Crippen LogP contribution in [0.15, 0.2) is 12.8 Å². The Labute approximate surface area is 73.3 Å². The first-order valence-corrected chi connectivity index (χ1v) is 5.77. The van der Waals surface area contributed by atoms with E-state index < -0.39 is 9.84 Å². The number of rotatable bonds is 3. The third-order valence-corrected chi connectivity index (χ3v) is 4.61. The summed E-state index contributed by atoms with van der Waals surface area (Å²) in [6, 6.07) is 0. The summed E-state index contributed by atoms with van der Waals surface area (Å²) in [6.45, 7) is 5.18. The van der Waals surface area contributed by atoms with E-state index in [9.17, 15) is 8.42 Å². The van der Waals surface area contributed by atoms with Gasteiger partial charge in [-0.3, -0.25) is 0 Å². The first-order chi connectivity index (χ1) is 5.58. The molecule has 2 atom stereocenters. The fourth-order valence-corrected chi connectivity index (χ4v) is 3.63. The smallest absolute Gasteiger partial charge is 0.156 e. The van der Waals surface area contributed by atoms with Crippen molar-refractivity contribution >= 4 is 9.84 Å². The van der Waals surface area contributed by atoms with Crippen LogP contribution in [0, 0.1) is 0 Å². The van der Waals surface area contributed by atoms with Crippen molar-refractivity contribution in [3.05, 3.63) is 12.8 Å². The molecule has 0 aliphatic carbocycles. The lowest BCUT2D eigenvalue weighted by Crippen LogP contribution is -2.29. The quantitative estimate of drug-likeness (QED) is 0.626. The molecule has 1 aliphatic rings. The molecule has 0 radical (unpaired) electrons. The Morgan fingerprint density at radius 3 is 2.75 bits per heavy atom. The van der Waals surface area contributed by atoms with Crippen LogP contribution in [0.4, 0.5) is 0 Å². The molecule has 70 valence electrons. The number of ether oxygens (including phenoxy) is 1. The first-order valence-electron chi connectivity index (χ1n) is 4.06. The Morgan fingerprint density at radius 1 is 1.67 bits per heavy atom. The van der Waals surface area contributed by atoms with Crippen LogP contribution in [-0.2, 0) is 14.6 Å². The van der Waals surface area contributed by atoms with Gasteiger partial charge in [0, 0.05) is 0 Å². The van der Waals surface area contributed by atoms with Gasteiger partial charge in [0.25, 0.3) is 0 Å². The summed E-state index contributed by atoms with van der Waals surface area (Å²) in [5.41, 5.74) is 0. The standard InChI is InChI=1S/C8H14O3S/c1-3-11-7(2)8-5-4-6-12(8,9)10/h3,7-8H,1,4-6H2,2H3. The fourth-order valence-electron chi connectivity index (χ4n) is 1.58. The van der Waals surface area contributed by atoms with E-state index in [0.717, 1.165) is 12.8 Å². The predicted octanol–water partition coefficient (Wildman–Crippen LogP) is 1.11. The van der Waals surface area contributed by atoms with E-state index in [1.807, 2.05) is 0 Å². The van der Waals surface area contributed by atoms with Crippen molar-refractivity contribution in [2.24, 2.45) is 0 Å². The van der Waals surface area contributed by atoms with E-state index in [0.29, 0.717) is 5.75 Å². The van der Waals surface area contributed by atoms with Crippen LogP contribution >= 0.6 is 0 Å². The summed E-state index contributed by atoms with van der Waals surface area (Å²) in [5, 5.41) is -0.324. The molecule has 0 bridgehead atoms. The maximum absolute atomic E-state index is 11.4. The van der Waals surface area contributed by atoms with E-state index >= 15 is 0 Å².